The number of rotatable bonds is 5. The maximum atomic E-state index is 12.0. The van der Waals surface area contributed by atoms with Crippen molar-refractivity contribution < 1.29 is 9.72 Å². The number of nitrogens with one attached hydrogen (secondary N) is 2. The first-order chi connectivity index (χ1) is 10.6. The third kappa shape index (κ3) is 4.83. The molecule has 23 heavy (non-hydrogen) atoms. The Hall–Kier alpha value is -1.31. The van der Waals surface area contributed by atoms with E-state index >= 15 is 0 Å². The number of nitro benzene ring substituents is 1. The van der Waals surface area contributed by atoms with E-state index in [4.69, 9.17) is 0 Å². The van der Waals surface area contributed by atoms with Crippen LogP contribution in [0.1, 0.15) is 25.7 Å². The van der Waals surface area contributed by atoms with E-state index in [9.17, 15) is 14.9 Å². The van der Waals surface area contributed by atoms with E-state index in [1.807, 2.05) is 0 Å². The minimum atomic E-state index is -0.424. The van der Waals surface area contributed by atoms with Crippen molar-refractivity contribution in [3.05, 3.63) is 34.4 Å². The van der Waals surface area contributed by atoms with Gasteiger partial charge >= 0.3 is 0 Å². The molecule has 0 radical (unpaired) electrons. The summed E-state index contributed by atoms with van der Waals surface area (Å²) in [6.45, 7) is 0. The molecule has 2 saturated heterocycles. The molecule has 1 aromatic rings. The Morgan fingerprint density at radius 2 is 1.87 bits per heavy atom. The van der Waals surface area contributed by atoms with Gasteiger partial charge in [-0.1, -0.05) is 0 Å². The second kappa shape index (κ2) is 7.99. The van der Waals surface area contributed by atoms with E-state index in [0.717, 1.165) is 17.7 Å². The van der Waals surface area contributed by atoms with Gasteiger partial charge in [0.15, 0.2) is 0 Å². The van der Waals surface area contributed by atoms with Crippen molar-refractivity contribution in [3.8, 4) is 0 Å². The Kier molecular flexibility index (Phi) is 6.26. The second-order valence-corrected chi connectivity index (χ2v) is 6.96. The van der Waals surface area contributed by atoms with Gasteiger partial charge in [0.2, 0.25) is 5.91 Å². The number of carbonyl (C=O) groups is 1. The van der Waals surface area contributed by atoms with Crippen LogP contribution < -0.4 is 10.6 Å². The number of non-ortho nitro benzene ring substituents is 1. The maximum absolute atomic E-state index is 12.0. The molecule has 3 rings (SSSR count). The first-order valence-electron chi connectivity index (χ1n) is 7.53. The van der Waals surface area contributed by atoms with Crippen molar-refractivity contribution in [2.24, 2.45) is 0 Å². The Morgan fingerprint density at radius 3 is 2.43 bits per heavy atom. The number of halogens is 1. The number of nitro groups is 1. The van der Waals surface area contributed by atoms with Crippen LogP contribution in [0.5, 0.6) is 0 Å². The number of nitrogens with zero attached hydrogens (tertiary/aromatic N) is 1. The molecule has 2 bridgehead atoms. The topological polar surface area (TPSA) is 84.3 Å². The van der Waals surface area contributed by atoms with E-state index in [-0.39, 0.29) is 30.0 Å². The van der Waals surface area contributed by atoms with Crippen molar-refractivity contribution in [1.82, 2.24) is 10.6 Å². The number of amides is 1. The Morgan fingerprint density at radius 1 is 1.26 bits per heavy atom. The first kappa shape index (κ1) is 18.0. The van der Waals surface area contributed by atoms with Crippen LogP contribution in [-0.2, 0) is 4.79 Å². The molecule has 6 nitrogen and oxygen atoms in total. The summed E-state index contributed by atoms with van der Waals surface area (Å²) in [4.78, 5) is 23.1. The average molecular weight is 358 g/mol. The van der Waals surface area contributed by atoms with Gasteiger partial charge in [0.25, 0.3) is 5.69 Å². The highest BCUT2D eigenvalue weighted by Crippen LogP contribution is 2.27. The summed E-state index contributed by atoms with van der Waals surface area (Å²) in [6, 6.07) is 7.69. The Labute approximate surface area is 145 Å². The van der Waals surface area contributed by atoms with Gasteiger partial charge in [-0.2, -0.15) is 0 Å². The summed E-state index contributed by atoms with van der Waals surface area (Å²) >= 11 is 1.40. The molecular weight excluding hydrogens is 338 g/mol. The highest BCUT2D eigenvalue weighted by atomic mass is 35.5. The van der Waals surface area contributed by atoms with Gasteiger partial charge in [0.1, 0.15) is 0 Å². The number of hydrogen-bond donors (Lipinski definition) is 2. The SMILES string of the molecule is Cl.O=C(CSc1ccc([N+](=O)[O-])cc1)NC1CC2CCC(C1)N2. The van der Waals surface area contributed by atoms with E-state index < -0.39 is 4.92 Å². The maximum Gasteiger partial charge on any atom is 0.269 e. The molecular formula is C15H20ClN3O3S. The summed E-state index contributed by atoms with van der Waals surface area (Å²) in [6.07, 6.45) is 4.47. The lowest BCUT2D eigenvalue weighted by molar-refractivity contribution is -0.384. The summed E-state index contributed by atoms with van der Waals surface area (Å²) in [5.74, 6) is 0.381. The molecule has 2 aliphatic rings. The molecule has 0 aromatic heterocycles. The largest absolute Gasteiger partial charge is 0.353 e. The van der Waals surface area contributed by atoms with E-state index in [2.05, 4.69) is 10.6 Å². The van der Waals surface area contributed by atoms with E-state index in [1.165, 1.54) is 36.7 Å². The van der Waals surface area contributed by atoms with Crippen LogP contribution in [0, 0.1) is 10.1 Å². The Bertz CT molecular complexity index is 558. The molecule has 126 valence electrons. The third-order valence-corrected chi connectivity index (χ3v) is 5.27. The van der Waals surface area contributed by atoms with Crippen LogP contribution in [0.2, 0.25) is 0 Å². The third-order valence-electron chi connectivity index (χ3n) is 4.26. The smallest absolute Gasteiger partial charge is 0.269 e. The van der Waals surface area contributed by atoms with Crippen molar-refractivity contribution in [1.29, 1.82) is 0 Å². The lowest BCUT2D eigenvalue weighted by atomic mass is 10.00. The predicted molar refractivity (Wildman–Crippen MR) is 92.2 cm³/mol. The minimum Gasteiger partial charge on any atom is -0.353 e. The van der Waals surface area contributed by atoms with Crippen molar-refractivity contribution in [3.63, 3.8) is 0 Å². The highest BCUT2D eigenvalue weighted by Gasteiger charge is 2.33. The fourth-order valence-corrected chi connectivity index (χ4v) is 3.97. The standard InChI is InChI=1S/C15H19N3O3S.ClH/c19-15(17-12-7-10-1-2-11(8-12)16-10)9-22-14-5-3-13(4-6-14)18(20)21;/h3-6,10-12,16H,1-2,7-9H2,(H,17,19);1H. The summed E-state index contributed by atoms with van der Waals surface area (Å²) < 4.78 is 0. The normalized spacial score (nSPS) is 25.5. The molecule has 2 fully saturated rings. The molecule has 2 N–H and O–H groups in total. The van der Waals surface area contributed by atoms with Crippen LogP contribution in [0.25, 0.3) is 0 Å². The lowest BCUT2D eigenvalue weighted by Gasteiger charge is -2.29. The van der Waals surface area contributed by atoms with Crippen molar-refractivity contribution in [2.75, 3.05) is 5.75 Å². The molecule has 0 spiro atoms. The van der Waals surface area contributed by atoms with Gasteiger partial charge in [-0.3, -0.25) is 14.9 Å². The molecule has 2 unspecified atom stereocenters. The van der Waals surface area contributed by atoms with Gasteiger partial charge in [-0.25, -0.2) is 0 Å². The van der Waals surface area contributed by atoms with Gasteiger partial charge in [0.05, 0.1) is 10.7 Å². The molecule has 1 amide bonds. The summed E-state index contributed by atoms with van der Waals surface area (Å²) in [5.41, 5.74) is 0.0685. The fraction of sp³-hybridized carbons (Fsp3) is 0.533. The van der Waals surface area contributed by atoms with Gasteiger partial charge in [-0.15, -0.1) is 24.2 Å². The monoisotopic (exact) mass is 357 g/mol. The van der Waals surface area contributed by atoms with E-state index in [0.29, 0.717) is 17.8 Å². The first-order valence-corrected chi connectivity index (χ1v) is 8.51. The number of thioether (sulfide) groups is 1. The second-order valence-electron chi connectivity index (χ2n) is 5.91. The van der Waals surface area contributed by atoms with Crippen LogP contribution in [-0.4, -0.2) is 34.7 Å². The van der Waals surface area contributed by atoms with Gasteiger partial charge in [0, 0.05) is 35.2 Å². The highest BCUT2D eigenvalue weighted by molar-refractivity contribution is 8.00. The average Bonchev–Trinajstić information content (AvgIpc) is 2.84. The molecule has 1 aromatic carbocycles. The van der Waals surface area contributed by atoms with Crippen LogP contribution in [0.4, 0.5) is 5.69 Å². The van der Waals surface area contributed by atoms with Crippen LogP contribution in [0.15, 0.2) is 29.2 Å². The summed E-state index contributed by atoms with van der Waals surface area (Å²) in [5, 5.41) is 17.3. The zero-order chi connectivity index (χ0) is 15.5. The number of piperidine rings is 1. The zero-order valence-corrected chi connectivity index (χ0v) is 14.2. The summed E-state index contributed by atoms with van der Waals surface area (Å²) in [7, 11) is 0. The number of fused-ring (bicyclic) bond motifs is 2. The predicted octanol–water partition coefficient (Wildman–Crippen LogP) is 2.51. The van der Waals surface area contributed by atoms with Gasteiger partial charge in [-0.05, 0) is 37.8 Å². The number of carbonyl (C=O) groups excluding carboxylic acids is 1. The van der Waals surface area contributed by atoms with Crippen LogP contribution in [0.3, 0.4) is 0 Å². The van der Waals surface area contributed by atoms with Crippen molar-refractivity contribution >= 4 is 35.8 Å². The minimum absolute atomic E-state index is 0. The zero-order valence-electron chi connectivity index (χ0n) is 12.6. The molecule has 0 aliphatic carbocycles. The van der Waals surface area contributed by atoms with E-state index in [1.54, 1.807) is 12.1 Å². The molecule has 8 heteroatoms. The number of hydrogen-bond acceptors (Lipinski definition) is 5. The Balaban J connectivity index is 0.00000192. The quantitative estimate of drug-likeness (QED) is 0.480. The molecule has 0 saturated carbocycles. The van der Waals surface area contributed by atoms with Gasteiger partial charge < -0.3 is 10.6 Å². The lowest BCUT2D eigenvalue weighted by Crippen LogP contribution is -2.48. The molecule has 2 aliphatic heterocycles. The van der Waals surface area contributed by atoms with Crippen LogP contribution >= 0.6 is 24.2 Å². The fourth-order valence-electron chi connectivity index (χ4n) is 3.26. The number of benzene rings is 1. The molecule has 2 heterocycles. The van der Waals surface area contributed by atoms with Crippen molar-refractivity contribution in [2.45, 2.75) is 48.7 Å². The molecule has 2 atom stereocenters.